The molecule has 1 unspecified atom stereocenters. The van der Waals surface area contributed by atoms with E-state index in [2.05, 4.69) is 4.74 Å². The highest BCUT2D eigenvalue weighted by molar-refractivity contribution is 7.92. The number of hydrogen-bond donors (Lipinski definition) is 0. The van der Waals surface area contributed by atoms with Crippen LogP contribution in [0.5, 0.6) is 0 Å². The maximum absolute atomic E-state index is 11.6. The van der Waals surface area contributed by atoms with Crippen molar-refractivity contribution in [3.63, 3.8) is 0 Å². The third-order valence-corrected chi connectivity index (χ3v) is 4.14. The zero-order valence-corrected chi connectivity index (χ0v) is 10.2. The molecule has 0 aromatic carbocycles. The van der Waals surface area contributed by atoms with Crippen LogP contribution in [0.3, 0.4) is 0 Å². The summed E-state index contributed by atoms with van der Waals surface area (Å²) in [5, 5.41) is -0.717. The van der Waals surface area contributed by atoms with Crippen LogP contribution >= 0.6 is 0 Å². The molecule has 0 aliphatic rings. The molecule has 0 radical (unpaired) electrons. The van der Waals surface area contributed by atoms with E-state index in [1.54, 1.807) is 6.92 Å². The standard InChI is InChI=1S/C9H18O5S/c1-4-14-5-6-15(11,12)8(2)7-9(10)13-3/h8H,4-7H2,1-3H3. The van der Waals surface area contributed by atoms with Crippen LogP contribution in [0.15, 0.2) is 0 Å². The second-order valence-electron chi connectivity index (χ2n) is 3.15. The van der Waals surface area contributed by atoms with Gasteiger partial charge >= 0.3 is 5.97 Å². The Kier molecular flexibility index (Phi) is 6.51. The minimum atomic E-state index is -3.26. The fourth-order valence-electron chi connectivity index (χ4n) is 0.966. The van der Waals surface area contributed by atoms with Gasteiger partial charge in [-0.25, -0.2) is 8.42 Å². The molecule has 1 atom stereocenters. The van der Waals surface area contributed by atoms with E-state index >= 15 is 0 Å². The van der Waals surface area contributed by atoms with E-state index in [0.717, 1.165) is 0 Å². The van der Waals surface area contributed by atoms with Gasteiger partial charge in [-0.15, -0.1) is 0 Å². The summed E-state index contributed by atoms with van der Waals surface area (Å²) < 4.78 is 32.5. The summed E-state index contributed by atoms with van der Waals surface area (Å²) in [5.74, 6) is -0.568. The van der Waals surface area contributed by atoms with Gasteiger partial charge in [0.05, 0.1) is 31.1 Å². The third-order valence-electron chi connectivity index (χ3n) is 2.01. The Balaban J connectivity index is 4.14. The molecule has 0 aliphatic heterocycles. The molecular formula is C9H18O5S. The molecule has 0 heterocycles. The summed E-state index contributed by atoms with van der Waals surface area (Å²) in [6.07, 6.45) is -0.106. The van der Waals surface area contributed by atoms with Crippen LogP contribution in [-0.4, -0.2) is 45.7 Å². The number of carbonyl (C=O) groups is 1. The average molecular weight is 238 g/mol. The van der Waals surface area contributed by atoms with Crippen LogP contribution in [0.4, 0.5) is 0 Å². The van der Waals surface area contributed by atoms with Gasteiger partial charge in [-0.05, 0) is 13.8 Å². The maximum atomic E-state index is 11.6. The first-order valence-corrected chi connectivity index (χ1v) is 6.51. The van der Waals surface area contributed by atoms with Crippen LogP contribution in [0.2, 0.25) is 0 Å². The lowest BCUT2D eigenvalue weighted by Gasteiger charge is -2.11. The molecular weight excluding hydrogens is 220 g/mol. The molecule has 0 spiro atoms. The lowest BCUT2D eigenvalue weighted by Crippen LogP contribution is -2.26. The van der Waals surface area contributed by atoms with E-state index < -0.39 is 21.1 Å². The second kappa shape index (κ2) is 6.79. The summed E-state index contributed by atoms with van der Waals surface area (Å²) >= 11 is 0. The Hall–Kier alpha value is -0.620. The summed E-state index contributed by atoms with van der Waals surface area (Å²) in [5.41, 5.74) is 0. The quantitative estimate of drug-likeness (QED) is 0.474. The van der Waals surface area contributed by atoms with Crippen molar-refractivity contribution in [2.24, 2.45) is 0 Å². The van der Waals surface area contributed by atoms with E-state index in [1.807, 2.05) is 0 Å². The normalized spacial score (nSPS) is 13.5. The van der Waals surface area contributed by atoms with Crippen molar-refractivity contribution in [3.8, 4) is 0 Å². The fourth-order valence-corrected chi connectivity index (χ4v) is 2.11. The molecule has 6 heteroatoms. The summed E-state index contributed by atoms with van der Waals surface area (Å²) in [6.45, 7) is 3.95. The second-order valence-corrected chi connectivity index (χ2v) is 5.69. The molecule has 0 amide bonds. The number of ether oxygens (including phenoxy) is 2. The molecule has 0 aromatic heterocycles. The first-order chi connectivity index (χ1) is 6.94. The van der Waals surface area contributed by atoms with Gasteiger partial charge in [0.15, 0.2) is 9.84 Å². The van der Waals surface area contributed by atoms with E-state index in [4.69, 9.17) is 4.74 Å². The van der Waals surface area contributed by atoms with Crippen LogP contribution in [-0.2, 0) is 24.1 Å². The van der Waals surface area contributed by atoms with Crippen molar-refractivity contribution in [2.75, 3.05) is 26.1 Å². The van der Waals surface area contributed by atoms with Crippen molar-refractivity contribution in [3.05, 3.63) is 0 Å². The van der Waals surface area contributed by atoms with Gasteiger partial charge in [-0.1, -0.05) is 0 Å². The van der Waals surface area contributed by atoms with Crippen LogP contribution in [0.25, 0.3) is 0 Å². The third kappa shape index (κ3) is 5.74. The van der Waals surface area contributed by atoms with Crippen molar-refractivity contribution in [2.45, 2.75) is 25.5 Å². The Morgan fingerprint density at radius 3 is 2.47 bits per heavy atom. The highest BCUT2D eigenvalue weighted by Crippen LogP contribution is 2.07. The minimum Gasteiger partial charge on any atom is -0.469 e. The van der Waals surface area contributed by atoms with Crippen LogP contribution in [0.1, 0.15) is 20.3 Å². The van der Waals surface area contributed by atoms with Gasteiger partial charge in [-0.3, -0.25) is 4.79 Å². The monoisotopic (exact) mass is 238 g/mol. The fraction of sp³-hybridized carbons (Fsp3) is 0.889. The Bertz CT molecular complexity index is 283. The van der Waals surface area contributed by atoms with Gasteiger partial charge in [-0.2, -0.15) is 0 Å². The van der Waals surface area contributed by atoms with Crippen molar-refractivity contribution >= 4 is 15.8 Å². The molecule has 0 saturated heterocycles. The SMILES string of the molecule is CCOCCS(=O)(=O)C(C)CC(=O)OC. The number of carbonyl (C=O) groups excluding carboxylic acids is 1. The highest BCUT2D eigenvalue weighted by atomic mass is 32.2. The average Bonchev–Trinajstić information content (AvgIpc) is 2.17. The topological polar surface area (TPSA) is 69.7 Å². The first kappa shape index (κ1) is 14.4. The van der Waals surface area contributed by atoms with E-state index in [9.17, 15) is 13.2 Å². The van der Waals surface area contributed by atoms with Gasteiger partial charge in [0.25, 0.3) is 0 Å². The van der Waals surface area contributed by atoms with Crippen LogP contribution < -0.4 is 0 Å². The van der Waals surface area contributed by atoms with Gasteiger partial charge in [0, 0.05) is 6.61 Å². The van der Waals surface area contributed by atoms with Crippen molar-refractivity contribution < 1.29 is 22.7 Å². The maximum Gasteiger partial charge on any atom is 0.306 e. The number of sulfone groups is 1. The molecule has 0 fully saturated rings. The minimum absolute atomic E-state index is 0.0565. The molecule has 0 aliphatic carbocycles. The summed E-state index contributed by atoms with van der Waals surface area (Å²) in [7, 11) is -2.03. The number of esters is 1. The van der Waals surface area contributed by atoms with E-state index in [0.29, 0.717) is 6.61 Å². The molecule has 0 bridgehead atoms. The molecule has 0 saturated carbocycles. The summed E-state index contributed by atoms with van der Waals surface area (Å²) in [6, 6.07) is 0. The highest BCUT2D eigenvalue weighted by Gasteiger charge is 2.23. The largest absolute Gasteiger partial charge is 0.469 e. The smallest absolute Gasteiger partial charge is 0.306 e. The van der Waals surface area contributed by atoms with Crippen molar-refractivity contribution in [1.29, 1.82) is 0 Å². The zero-order valence-electron chi connectivity index (χ0n) is 9.36. The number of hydrogen-bond acceptors (Lipinski definition) is 5. The lowest BCUT2D eigenvalue weighted by molar-refractivity contribution is -0.140. The number of rotatable bonds is 7. The van der Waals surface area contributed by atoms with Crippen molar-refractivity contribution in [1.82, 2.24) is 0 Å². The number of methoxy groups -OCH3 is 1. The molecule has 15 heavy (non-hydrogen) atoms. The van der Waals surface area contributed by atoms with Gasteiger partial charge in [0.2, 0.25) is 0 Å². The lowest BCUT2D eigenvalue weighted by atomic mass is 10.3. The zero-order chi connectivity index (χ0) is 11.9. The Morgan fingerprint density at radius 2 is 2.00 bits per heavy atom. The van der Waals surface area contributed by atoms with Crippen LogP contribution in [0, 0.1) is 0 Å². The van der Waals surface area contributed by atoms with E-state index in [1.165, 1.54) is 14.0 Å². The van der Waals surface area contributed by atoms with Gasteiger partial charge in [0.1, 0.15) is 0 Å². The summed E-state index contributed by atoms with van der Waals surface area (Å²) in [4.78, 5) is 10.9. The molecule has 0 aromatic rings. The molecule has 0 rings (SSSR count). The first-order valence-electron chi connectivity index (χ1n) is 4.80. The predicted molar refractivity (Wildman–Crippen MR) is 56.4 cm³/mol. The Morgan fingerprint density at radius 1 is 1.40 bits per heavy atom. The molecule has 0 N–H and O–H groups in total. The molecule has 5 nitrogen and oxygen atoms in total. The Labute approximate surface area is 90.7 Å². The predicted octanol–water partition coefficient (Wildman–Crippen LogP) is 0.389. The molecule has 90 valence electrons. The van der Waals surface area contributed by atoms with E-state index in [-0.39, 0.29) is 18.8 Å². The van der Waals surface area contributed by atoms with Gasteiger partial charge < -0.3 is 9.47 Å².